The first-order valence-corrected chi connectivity index (χ1v) is 8.26. The second-order valence-electron chi connectivity index (χ2n) is 6.00. The first kappa shape index (κ1) is 22.2. The molecule has 3 heteroatoms. The van der Waals surface area contributed by atoms with Gasteiger partial charge in [-0.3, -0.25) is 0 Å². The van der Waals surface area contributed by atoms with Crippen LogP contribution in [0.15, 0.2) is 72.8 Å². The van der Waals surface area contributed by atoms with E-state index in [1.165, 1.54) is 32.7 Å². The quantitative estimate of drug-likeness (QED) is 0.244. The molecule has 0 unspecified atom stereocenters. The van der Waals surface area contributed by atoms with Gasteiger partial charge in [-0.15, -0.1) is 82.2 Å². The van der Waals surface area contributed by atoms with Crippen LogP contribution in [0.1, 0.15) is 11.1 Å². The van der Waals surface area contributed by atoms with Crippen molar-refractivity contribution < 1.29 is 108 Å². The maximum Gasteiger partial charge on any atom is 1.00 e. The van der Waals surface area contributed by atoms with Crippen LogP contribution in [-0.4, -0.2) is 13.2 Å². The van der Waals surface area contributed by atoms with Crippen molar-refractivity contribution in [1.29, 1.82) is 0 Å². The first-order valence-electron chi connectivity index (χ1n) is 8.26. The summed E-state index contributed by atoms with van der Waals surface area (Å²) in [6.45, 7) is 1.57. The molecule has 0 N–H and O–H groups in total. The molecule has 0 aliphatic heterocycles. The first-order chi connectivity index (χ1) is 11.4. The Kier molecular flexibility index (Phi) is 9.79. The van der Waals surface area contributed by atoms with Crippen LogP contribution >= 0.6 is 0 Å². The molecular weight excluding hydrogens is 358 g/mol. The molecule has 0 aliphatic carbocycles. The summed E-state index contributed by atoms with van der Waals surface area (Å²) in [5.74, 6) is 0. The van der Waals surface area contributed by atoms with Crippen molar-refractivity contribution in [3.05, 3.63) is 83.9 Å². The van der Waals surface area contributed by atoms with Crippen LogP contribution in [0, 0.1) is 0 Å². The van der Waals surface area contributed by atoms with E-state index < -0.39 is 0 Å². The fourth-order valence-corrected chi connectivity index (χ4v) is 3.33. The van der Waals surface area contributed by atoms with Gasteiger partial charge in [-0.1, -0.05) is 12.1 Å². The maximum atomic E-state index is 5.88. The molecule has 0 saturated carbocycles. The molecular formula is C22H20K2O. The molecule has 0 atom stereocenters. The van der Waals surface area contributed by atoms with Crippen molar-refractivity contribution in [3.8, 4) is 0 Å². The third-order valence-electron chi connectivity index (χ3n) is 4.57. The van der Waals surface area contributed by atoms with E-state index >= 15 is 0 Å². The molecule has 0 aliphatic rings. The Bertz CT molecular complexity index is 844. The van der Waals surface area contributed by atoms with E-state index in [-0.39, 0.29) is 103 Å². The Labute approximate surface area is 234 Å². The fourth-order valence-electron chi connectivity index (χ4n) is 3.33. The van der Waals surface area contributed by atoms with Crippen LogP contribution in [-0.2, 0) is 17.6 Å². The Morgan fingerprint density at radius 1 is 0.640 bits per heavy atom. The predicted molar refractivity (Wildman–Crippen MR) is 97.3 cm³/mol. The average Bonchev–Trinajstić information content (AvgIpc) is 3.19. The molecule has 0 spiro atoms. The third kappa shape index (κ3) is 5.46. The molecule has 25 heavy (non-hydrogen) atoms. The summed E-state index contributed by atoms with van der Waals surface area (Å²) >= 11 is 0. The minimum absolute atomic E-state index is 0. The molecule has 0 amide bonds. The van der Waals surface area contributed by atoms with Crippen LogP contribution in [0.2, 0.25) is 0 Å². The number of ether oxygens (including phenoxy) is 1. The molecule has 4 aromatic rings. The van der Waals surface area contributed by atoms with Crippen LogP contribution < -0.4 is 103 Å². The molecule has 4 rings (SSSR count). The van der Waals surface area contributed by atoms with E-state index in [1.807, 2.05) is 0 Å². The van der Waals surface area contributed by atoms with Gasteiger partial charge in [-0.2, -0.15) is 11.1 Å². The number of benzene rings is 2. The SMILES string of the molecule is [K+].[K+].c1ccc2c(CCOCCc3c[cH-]c4ccccc34)c[cH-]c2c1. The molecule has 4 aromatic carbocycles. The number of fused-ring (bicyclic) bond motifs is 2. The normalized spacial score (nSPS) is 10.6. The Morgan fingerprint density at radius 3 is 1.56 bits per heavy atom. The summed E-state index contributed by atoms with van der Waals surface area (Å²) in [6, 6.07) is 25.9. The fraction of sp³-hybridized carbons (Fsp3) is 0.182. The Balaban J connectivity index is 0.00000113. The van der Waals surface area contributed by atoms with Gasteiger partial charge in [-0.05, 0) is 12.8 Å². The Hall–Kier alpha value is 0.893. The van der Waals surface area contributed by atoms with Gasteiger partial charge in [0.05, 0.1) is 0 Å². The summed E-state index contributed by atoms with van der Waals surface area (Å²) < 4.78 is 5.88. The van der Waals surface area contributed by atoms with Gasteiger partial charge < -0.3 is 4.74 Å². The molecule has 0 heterocycles. The minimum Gasteiger partial charge on any atom is -0.382 e. The van der Waals surface area contributed by atoms with Crippen molar-refractivity contribution in [3.63, 3.8) is 0 Å². The minimum atomic E-state index is 0. The number of rotatable bonds is 6. The van der Waals surface area contributed by atoms with Crippen LogP contribution in [0.4, 0.5) is 0 Å². The summed E-state index contributed by atoms with van der Waals surface area (Å²) in [6.07, 6.45) is 1.96. The molecule has 116 valence electrons. The van der Waals surface area contributed by atoms with Crippen molar-refractivity contribution in [1.82, 2.24) is 0 Å². The van der Waals surface area contributed by atoms with Crippen molar-refractivity contribution in [2.45, 2.75) is 12.8 Å². The summed E-state index contributed by atoms with van der Waals surface area (Å²) in [7, 11) is 0. The summed E-state index contributed by atoms with van der Waals surface area (Å²) in [5, 5.41) is 5.37. The van der Waals surface area contributed by atoms with Crippen molar-refractivity contribution in [2.24, 2.45) is 0 Å². The molecule has 0 saturated heterocycles. The van der Waals surface area contributed by atoms with Crippen LogP contribution in [0.25, 0.3) is 21.5 Å². The third-order valence-corrected chi connectivity index (χ3v) is 4.57. The Morgan fingerprint density at radius 2 is 1.08 bits per heavy atom. The summed E-state index contributed by atoms with van der Waals surface area (Å²) in [4.78, 5) is 0. The molecule has 0 fully saturated rings. The zero-order chi connectivity index (χ0) is 15.5. The number of hydrogen-bond donors (Lipinski definition) is 0. The van der Waals surface area contributed by atoms with E-state index in [0.717, 1.165) is 26.1 Å². The van der Waals surface area contributed by atoms with Crippen LogP contribution in [0.3, 0.4) is 0 Å². The molecule has 0 radical (unpaired) electrons. The van der Waals surface area contributed by atoms with E-state index in [0.29, 0.717) is 0 Å². The molecule has 1 nitrogen and oxygen atoms in total. The maximum absolute atomic E-state index is 5.88. The van der Waals surface area contributed by atoms with E-state index in [9.17, 15) is 0 Å². The van der Waals surface area contributed by atoms with Gasteiger partial charge in [0.1, 0.15) is 0 Å². The summed E-state index contributed by atoms with van der Waals surface area (Å²) in [5.41, 5.74) is 2.78. The van der Waals surface area contributed by atoms with Crippen molar-refractivity contribution in [2.75, 3.05) is 13.2 Å². The zero-order valence-corrected chi connectivity index (χ0v) is 21.4. The topological polar surface area (TPSA) is 9.23 Å². The zero-order valence-electron chi connectivity index (χ0n) is 15.2. The second kappa shape index (κ2) is 11.0. The molecule has 0 aromatic heterocycles. The van der Waals surface area contributed by atoms with Gasteiger partial charge >= 0.3 is 103 Å². The standard InChI is InChI=1S/C22H20O.2K/c1-3-7-21-17(5-1)9-11-19(21)13-15-23-16-14-20-12-10-18-6-2-4-8-22(18)20;;/h1-12H,13-16H2;;/q-2;2*+1. The van der Waals surface area contributed by atoms with Gasteiger partial charge in [0.2, 0.25) is 0 Å². The van der Waals surface area contributed by atoms with E-state index in [4.69, 9.17) is 4.74 Å². The molecule has 0 bridgehead atoms. The van der Waals surface area contributed by atoms with Gasteiger partial charge in [0.25, 0.3) is 0 Å². The number of hydrogen-bond acceptors (Lipinski definition) is 1. The average molecular weight is 379 g/mol. The van der Waals surface area contributed by atoms with Gasteiger partial charge in [-0.25, -0.2) is 0 Å². The largest absolute Gasteiger partial charge is 1.00 e. The van der Waals surface area contributed by atoms with E-state index in [1.54, 1.807) is 0 Å². The van der Waals surface area contributed by atoms with Crippen LogP contribution in [0.5, 0.6) is 0 Å². The van der Waals surface area contributed by atoms with Gasteiger partial charge in [0, 0.05) is 13.2 Å². The monoisotopic (exact) mass is 378 g/mol. The smallest absolute Gasteiger partial charge is 0.382 e. The van der Waals surface area contributed by atoms with Crippen molar-refractivity contribution >= 4 is 21.5 Å². The van der Waals surface area contributed by atoms with Gasteiger partial charge in [0.15, 0.2) is 0 Å². The second-order valence-corrected chi connectivity index (χ2v) is 6.00. The predicted octanol–water partition coefficient (Wildman–Crippen LogP) is -0.759. The van der Waals surface area contributed by atoms with E-state index in [2.05, 4.69) is 72.8 Å².